The Hall–Kier alpha value is -2.05. The number of carbonyl (C=O) groups excluding carboxylic acids is 3. The van der Waals surface area contributed by atoms with Gasteiger partial charge >= 0.3 is 12.0 Å². The van der Waals surface area contributed by atoms with Crippen molar-refractivity contribution in [3.8, 4) is 0 Å². The highest BCUT2D eigenvalue weighted by molar-refractivity contribution is 5.85. The summed E-state index contributed by atoms with van der Waals surface area (Å²) >= 11 is 0. The van der Waals surface area contributed by atoms with Gasteiger partial charge in [0.25, 0.3) is 5.91 Å². The standard InChI is InChI=1S/C11H17N3O4/c1-2-10(16)18-8-9(15)12-5-7-14-6-3-4-13-11(14)17/h2H,1,3-8H2,(H,12,15)(H,13,17). The van der Waals surface area contributed by atoms with Gasteiger partial charge in [-0.05, 0) is 6.42 Å². The summed E-state index contributed by atoms with van der Waals surface area (Å²) in [4.78, 5) is 34.9. The van der Waals surface area contributed by atoms with E-state index in [9.17, 15) is 14.4 Å². The molecule has 0 aromatic rings. The summed E-state index contributed by atoms with van der Waals surface area (Å²) in [7, 11) is 0. The molecule has 0 saturated carbocycles. The van der Waals surface area contributed by atoms with Crippen molar-refractivity contribution in [2.24, 2.45) is 0 Å². The Kier molecular flexibility index (Phi) is 5.69. The molecule has 0 spiro atoms. The zero-order chi connectivity index (χ0) is 13.4. The number of urea groups is 1. The number of esters is 1. The lowest BCUT2D eigenvalue weighted by Gasteiger charge is -2.27. The van der Waals surface area contributed by atoms with Crippen molar-refractivity contribution in [3.63, 3.8) is 0 Å². The van der Waals surface area contributed by atoms with Crippen LogP contribution in [0.2, 0.25) is 0 Å². The Morgan fingerprint density at radius 1 is 1.56 bits per heavy atom. The molecule has 1 rings (SSSR count). The van der Waals surface area contributed by atoms with E-state index < -0.39 is 11.9 Å². The maximum Gasteiger partial charge on any atom is 0.330 e. The van der Waals surface area contributed by atoms with Crippen molar-refractivity contribution in [2.45, 2.75) is 6.42 Å². The zero-order valence-electron chi connectivity index (χ0n) is 10.1. The SMILES string of the molecule is C=CC(=O)OCC(=O)NCCN1CCCNC1=O. The van der Waals surface area contributed by atoms with Gasteiger partial charge in [0.15, 0.2) is 6.61 Å². The van der Waals surface area contributed by atoms with Gasteiger partial charge in [-0.3, -0.25) is 4.79 Å². The molecular formula is C11H17N3O4. The second kappa shape index (κ2) is 7.31. The largest absolute Gasteiger partial charge is 0.452 e. The fourth-order valence-electron chi connectivity index (χ4n) is 1.47. The van der Waals surface area contributed by atoms with E-state index in [-0.39, 0.29) is 12.6 Å². The van der Waals surface area contributed by atoms with Crippen LogP contribution in [0.25, 0.3) is 0 Å². The number of ether oxygens (including phenoxy) is 1. The van der Waals surface area contributed by atoms with Crippen molar-refractivity contribution in [2.75, 3.05) is 32.8 Å². The lowest BCUT2D eigenvalue weighted by molar-refractivity contribution is -0.143. The van der Waals surface area contributed by atoms with Crippen molar-refractivity contribution < 1.29 is 19.1 Å². The number of rotatable bonds is 6. The predicted molar refractivity (Wildman–Crippen MR) is 63.8 cm³/mol. The second-order valence-corrected chi connectivity index (χ2v) is 3.73. The van der Waals surface area contributed by atoms with E-state index >= 15 is 0 Å². The summed E-state index contributed by atoms with van der Waals surface area (Å²) in [6.45, 7) is 5.03. The summed E-state index contributed by atoms with van der Waals surface area (Å²) in [5.41, 5.74) is 0. The van der Waals surface area contributed by atoms with Crippen LogP contribution in [0.3, 0.4) is 0 Å². The highest BCUT2D eigenvalue weighted by Gasteiger charge is 2.16. The monoisotopic (exact) mass is 255 g/mol. The number of nitrogens with zero attached hydrogens (tertiary/aromatic N) is 1. The van der Waals surface area contributed by atoms with E-state index in [2.05, 4.69) is 21.9 Å². The van der Waals surface area contributed by atoms with Gasteiger partial charge in [0, 0.05) is 32.3 Å². The van der Waals surface area contributed by atoms with E-state index in [4.69, 9.17) is 0 Å². The smallest absolute Gasteiger partial charge is 0.330 e. The molecule has 1 aliphatic heterocycles. The van der Waals surface area contributed by atoms with Crippen LogP contribution < -0.4 is 10.6 Å². The number of hydrogen-bond donors (Lipinski definition) is 2. The first-order valence-electron chi connectivity index (χ1n) is 5.72. The molecule has 18 heavy (non-hydrogen) atoms. The zero-order valence-corrected chi connectivity index (χ0v) is 10.1. The maximum atomic E-state index is 11.3. The van der Waals surface area contributed by atoms with E-state index in [1.807, 2.05) is 0 Å². The summed E-state index contributed by atoms with van der Waals surface area (Å²) in [6.07, 6.45) is 1.89. The quantitative estimate of drug-likeness (QED) is 0.483. The Labute approximate surface area is 105 Å². The molecular weight excluding hydrogens is 238 g/mol. The molecule has 0 atom stereocenters. The highest BCUT2D eigenvalue weighted by atomic mass is 16.5. The highest BCUT2D eigenvalue weighted by Crippen LogP contribution is 1.97. The summed E-state index contributed by atoms with van der Waals surface area (Å²) in [5, 5.41) is 5.27. The molecule has 0 unspecified atom stereocenters. The van der Waals surface area contributed by atoms with Crippen LogP contribution in [0.5, 0.6) is 0 Å². The van der Waals surface area contributed by atoms with Gasteiger partial charge in [-0.2, -0.15) is 0 Å². The Balaban J connectivity index is 2.13. The molecule has 1 fully saturated rings. The molecule has 0 bridgehead atoms. The Morgan fingerprint density at radius 2 is 2.33 bits per heavy atom. The van der Waals surface area contributed by atoms with Crippen LogP contribution in [-0.4, -0.2) is 55.6 Å². The average Bonchev–Trinajstić information content (AvgIpc) is 2.38. The Bertz CT molecular complexity index is 343. The van der Waals surface area contributed by atoms with Gasteiger partial charge in [-0.25, -0.2) is 9.59 Å². The van der Waals surface area contributed by atoms with Gasteiger partial charge < -0.3 is 20.3 Å². The summed E-state index contributed by atoms with van der Waals surface area (Å²) < 4.78 is 4.55. The molecule has 0 aliphatic carbocycles. The fraction of sp³-hybridized carbons (Fsp3) is 0.545. The number of nitrogens with one attached hydrogen (secondary N) is 2. The van der Waals surface area contributed by atoms with E-state index in [1.165, 1.54) is 0 Å². The molecule has 0 radical (unpaired) electrons. The minimum atomic E-state index is -0.638. The van der Waals surface area contributed by atoms with Gasteiger partial charge in [-0.1, -0.05) is 6.58 Å². The molecule has 0 aromatic carbocycles. The van der Waals surface area contributed by atoms with Gasteiger partial charge in [-0.15, -0.1) is 0 Å². The second-order valence-electron chi connectivity index (χ2n) is 3.73. The van der Waals surface area contributed by atoms with Crippen molar-refractivity contribution >= 4 is 17.9 Å². The summed E-state index contributed by atoms with van der Waals surface area (Å²) in [5.74, 6) is -1.04. The third-order valence-electron chi connectivity index (χ3n) is 2.38. The molecule has 0 aromatic heterocycles. The van der Waals surface area contributed by atoms with E-state index in [1.54, 1.807) is 4.90 Å². The molecule has 2 N–H and O–H groups in total. The first kappa shape index (κ1) is 14.0. The first-order chi connectivity index (χ1) is 8.63. The molecule has 7 heteroatoms. The molecule has 1 saturated heterocycles. The predicted octanol–water partition coefficient (Wildman–Crippen LogP) is -0.753. The van der Waals surface area contributed by atoms with Gasteiger partial charge in [0.05, 0.1) is 0 Å². The molecule has 1 heterocycles. The third kappa shape index (κ3) is 4.86. The van der Waals surface area contributed by atoms with Crippen LogP contribution in [0.1, 0.15) is 6.42 Å². The van der Waals surface area contributed by atoms with Crippen LogP contribution in [0.4, 0.5) is 4.79 Å². The topological polar surface area (TPSA) is 87.7 Å². The first-order valence-corrected chi connectivity index (χ1v) is 5.72. The molecule has 100 valence electrons. The van der Waals surface area contributed by atoms with Gasteiger partial charge in [0.2, 0.25) is 0 Å². The van der Waals surface area contributed by atoms with E-state index in [0.29, 0.717) is 26.2 Å². The van der Waals surface area contributed by atoms with Crippen LogP contribution in [0.15, 0.2) is 12.7 Å². The average molecular weight is 255 g/mol. The number of amides is 3. The molecule has 3 amide bonds. The number of carbonyl (C=O) groups is 3. The van der Waals surface area contributed by atoms with Crippen molar-refractivity contribution in [3.05, 3.63) is 12.7 Å². The lowest BCUT2D eigenvalue weighted by atomic mass is 10.3. The fourth-order valence-corrected chi connectivity index (χ4v) is 1.47. The van der Waals surface area contributed by atoms with Crippen LogP contribution in [0, 0.1) is 0 Å². The Morgan fingerprint density at radius 3 is 3.00 bits per heavy atom. The minimum absolute atomic E-state index is 0.117. The van der Waals surface area contributed by atoms with Crippen molar-refractivity contribution in [1.29, 1.82) is 0 Å². The van der Waals surface area contributed by atoms with Gasteiger partial charge in [0.1, 0.15) is 0 Å². The summed E-state index contributed by atoms with van der Waals surface area (Å²) in [6, 6.07) is -0.117. The maximum absolute atomic E-state index is 11.3. The number of hydrogen-bond acceptors (Lipinski definition) is 4. The van der Waals surface area contributed by atoms with E-state index in [0.717, 1.165) is 12.5 Å². The molecule has 7 nitrogen and oxygen atoms in total. The molecule has 1 aliphatic rings. The van der Waals surface area contributed by atoms with Crippen molar-refractivity contribution in [1.82, 2.24) is 15.5 Å². The lowest BCUT2D eigenvalue weighted by Crippen LogP contribution is -2.49. The minimum Gasteiger partial charge on any atom is -0.452 e. The third-order valence-corrected chi connectivity index (χ3v) is 2.38. The van der Waals surface area contributed by atoms with Crippen LogP contribution >= 0.6 is 0 Å². The normalized spacial score (nSPS) is 14.7. The van der Waals surface area contributed by atoms with Crippen LogP contribution in [-0.2, 0) is 14.3 Å².